The van der Waals surface area contributed by atoms with Crippen molar-refractivity contribution in [2.45, 2.75) is 19.8 Å². The van der Waals surface area contributed by atoms with Gasteiger partial charge in [0.25, 0.3) is 0 Å². The number of carbonyl (C=O) groups excluding carboxylic acids is 1. The van der Waals surface area contributed by atoms with Crippen molar-refractivity contribution >= 4 is 34.8 Å². The van der Waals surface area contributed by atoms with Gasteiger partial charge >= 0.3 is 0 Å². The Bertz CT molecular complexity index is 642. The fraction of sp³-hybridized carbons (Fsp3) is 0.235. The summed E-state index contributed by atoms with van der Waals surface area (Å²) in [5, 5.41) is 3.69. The Morgan fingerprint density at radius 3 is 2.55 bits per heavy atom. The van der Waals surface area contributed by atoms with E-state index in [0.29, 0.717) is 22.3 Å². The maximum atomic E-state index is 11.9. The molecule has 0 radical (unpaired) electrons. The molecule has 0 saturated carbocycles. The van der Waals surface area contributed by atoms with Crippen molar-refractivity contribution in [3.63, 3.8) is 0 Å². The van der Waals surface area contributed by atoms with Crippen LogP contribution in [0.5, 0.6) is 5.75 Å². The van der Waals surface area contributed by atoms with Crippen LogP contribution in [0.1, 0.15) is 18.9 Å². The zero-order valence-electron chi connectivity index (χ0n) is 12.2. The van der Waals surface area contributed by atoms with Crippen molar-refractivity contribution in [1.82, 2.24) is 0 Å². The molecule has 0 aliphatic rings. The fourth-order valence-electron chi connectivity index (χ4n) is 1.89. The molecular formula is C17H17Cl2NO2. The Hall–Kier alpha value is -1.71. The highest BCUT2D eigenvalue weighted by molar-refractivity contribution is 6.35. The maximum absolute atomic E-state index is 11.9. The molecule has 0 heterocycles. The van der Waals surface area contributed by atoms with Gasteiger partial charge in [-0.2, -0.15) is 0 Å². The molecule has 3 nitrogen and oxygen atoms in total. The zero-order chi connectivity index (χ0) is 15.9. The summed E-state index contributed by atoms with van der Waals surface area (Å²) in [7, 11) is 0. The van der Waals surface area contributed by atoms with E-state index in [4.69, 9.17) is 27.9 Å². The molecule has 2 rings (SSSR count). The van der Waals surface area contributed by atoms with Crippen LogP contribution in [-0.2, 0) is 11.2 Å². The minimum absolute atomic E-state index is 0.172. The number of ether oxygens (including phenoxy) is 1. The summed E-state index contributed by atoms with van der Waals surface area (Å²) < 4.78 is 5.55. The van der Waals surface area contributed by atoms with Gasteiger partial charge in [0.15, 0.2) is 0 Å². The molecule has 0 aliphatic heterocycles. The van der Waals surface area contributed by atoms with E-state index in [-0.39, 0.29) is 12.3 Å². The van der Waals surface area contributed by atoms with Gasteiger partial charge in [-0.15, -0.1) is 0 Å². The second-order valence-corrected chi connectivity index (χ2v) is 5.61. The number of benzene rings is 2. The van der Waals surface area contributed by atoms with Crippen molar-refractivity contribution in [3.8, 4) is 5.75 Å². The van der Waals surface area contributed by atoms with Gasteiger partial charge in [-0.1, -0.05) is 42.3 Å². The molecule has 2 aromatic rings. The lowest BCUT2D eigenvalue weighted by molar-refractivity contribution is -0.116. The van der Waals surface area contributed by atoms with E-state index in [1.807, 2.05) is 24.3 Å². The number of hydrogen-bond acceptors (Lipinski definition) is 2. The summed E-state index contributed by atoms with van der Waals surface area (Å²) in [4.78, 5) is 11.9. The SMILES string of the molecule is CCc1ccc(OCCC(=O)Nc2cc(Cl)ccc2Cl)cc1. The Morgan fingerprint density at radius 2 is 1.86 bits per heavy atom. The molecule has 0 spiro atoms. The number of anilines is 1. The van der Waals surface area contributed by atoms with Gasteiger partial charge in [-0.25, -0.2) is 0 Å². The van der Waals surface area contributed by atoms with E-state index >= 15 is 0 Å². The van der Waals surface area contributed by atoms with E-state index in [0.717, 1.165) is 12.2 Å². The van der Waals surface area contributed by atoms with E-state index in [9.17, 15) is 4.79 Å². The van der Waals surface area contributed by atoms with Crippen molar-refractivity contribution in [1.29, 1.82) is 0 Å². The first-order valence-corrected chi connectivity index (χ1v) is 7.80. The molecule has 0 atom stereocenters. The summed E-state index contributed by atoms with van der Waals surface area (Å²) in [5.74, 6) is 0.583. The summed E-state index contributed by atoms with van der Waals surface area (Å²) in [6.45, 7) is 2.40. The van der Waals surface area contributed by atoms with Crippen LogP contribution < -0.4 is 10.1 Å². The molecule has 0 saturated heterocycles. The summed E-state index contributed by atoms with van der Waals surface area (Å²) >= 11 is 11.9. The molecule has 0 aromatic heterocycles. The molecule has 0 fully saturated rings. The van der Waals surface area contributed by atoms with Crippen LogP contribution in [0.15, 0.2) is 42.5 Å². The summed E-state index contributed by atoms with van der Waals surface area (Å²) in [6, 6.07) is 12.8. The molecule has 0 bridgehead atoms. The van der Waals surface area contributed by atoms with Gasteiger partial charge in [-0.05, 0) is 42.3 Å². The maximum Gasteiger partial charge on any atom is 0.227 e. The first-order chi connectivity index (χ1) is 10.6. The van der Waals surface area contributed by atoms with Crippen molar-refractivity contribution in [2.24, 2.45) is 0 Å². The number of amides is 1. The minimum atomic E-state index is -0.172. The van der Waals surface area contributed by atoms with Crippen molar-refractivity contribution in [3.05, 3.63) is 58.1 Å². The van der Waals surface area contributed by atoms with Crippen LogP contribution in [0.3, 0.4) is 0 Å². The summed E-state index contributed by atoms with van der Waals surface area (Å²) in [5.41, 5.74) is 1.76. The Labute approximate surface area is 140 Å². The Morgan fingerprint density at radius 1 is 1.14 bits per heavy atom. The van der Waals surface area contributed by atoms with E-state index in [1.54, 1.807) is 18.2 Å². The van der Waals surface area contributed by atoms with E-state index in [1.165, 1.54) is 5.56 Å². The van der Waals surface area contributed by atoms with Gasteiger partial charge in [0.1, 0.15) is 5.75 Å². The second kappa shape index (κ2) is 8.06. The highest BCUT2D eigenvalue weighted by Crippen LogP contribution is 2.25. The highest BCUT2D eigenvalue weighted by Gasteiger charge is 2.07. The monoisotopic (exact) mass is 337 g/mol. The largest absolute Gasteiger partial charge is 0.493 e. The normalized spacial score (nSPS) is 10.3. The molecule has 0 unspecified atom stereocenters. The second-order valence-electron chi connectivity index (χ2n) is 4.77. The third-order valence-corrected chi connectivity index (χ3v) is 3.70. The lowest BCUT2D eigenvalue weighted by Crippen LogP contribution is -2.15. The third kappa shape index (κ3) is 4.93. The number of hydrogen-bond donors (Lipinski definition) is 1. The first-order valence-electron chi connectivity index (χ1n) is 7.05. The first kappa shape index (κ1) is 16.7. The molecule has 2 aromatic carbocycles. The molecule has 1 N–H and O–H groups in total. The highest BCUT2D eigenvalue weighted by atomic mass is 35.5. The molecule has 1 amide bonds. The lowest BCUT2D eigenvalue weighted by Gasteiger charge is -2.09. The molecule has 116 valence electrons. The quantitative estimate of drug-likeness (QED) is 0.808. The number of halogens is 2. The third-order valence-electron chi connectivity index (χ3n) is 3.13. The van der Waals surface area contributed by atoms with Crippen LogP contribution in [0.2, 0.25) is 10.0 Å². The predicted molar refractivity (Wildman–Crippen MR) is 91.0 cm³/mol. The number of rotatable bonds is 6. The lowest BCUT2D eigenvalue weighted by atomic mass is 10.2. The standard InChI is InChI=1S/C17H17Cl2NO2/c1-2-12-3-6-14(7-4-12)22-10-9-17(21)20-16-11-13(18)5-8-15(16)19/h3-8,11H,2,9-10H2,1H3,(H,20,21). The van der Waals surface area contributed by atoms with Crippen LogP contribution >= 0.6 is 23.2 Å². The van der Waals surface area contributed by atoms with Crippen LogP contribution in [-0.4, -0.2) is 12.5 Å². The van der Waals surface area contributed by atoms with Gasteiger partial charge < -0.3 is 10.1 Å². The number of carbonyl (C=O) groups is 1. The number of nitrogens with one attached hydrogen (secondary N) is 1. The molecule has 22 heavy (non-hydrogen) atoms. The van der Waals surface area contributed by atoms with Crippen LogP contribution in [0.25, 0.3) is 0 Å². The predicted octanol–water partition coefficient (Wildman–Crippen LogP) is 4.96. The Balaban J connectivity index is 1.81. The van der Waals surface area contributed by atoms with E-state index in [2.05, 4.69) is 12.2 Å². The zero-order valence-corrected chi connectivity index (χ0v) is 13.7. The van der Waals surface area contributed by atoms with Gasteiger partial charge in [-0.3, -0.25) is 4.79 Å². The molecular weight excluding hydrogens is 321 g/mol. The minimum Gasteiger partial charge on any atom is -0.493 e. The average molecular weight is 338 g/mol. The number of aryl methyl sites for hydroxylation is 1. The van der Waals surface area contributed by atoms with Crippen LogP contribution in [0.4, 0.5) is 5.69 Å². The van der Waals surface area contributed by atoms with Gasteiger partial charge in [0, 0.05) is 5.02 Å². The fourth-order valence-corrected chi connectivity index (χ4v) is 2.23. The molecule has 0 aliphatic carbocycles. The summed E-state index contributed by atoms with van der Waals surface area (Å²) in [6.07, 6.45) is 1.22. The topological polar surface area (TPSA) is 38.3 Å². The Kier molecular flexibility index (Phi) is 6.10. The van der Waals surface area contributed by atoms with Gasteiger partial charge in [0.2, 0.25) is 5.91 Å². The smallest absolute Gasteiger partial charge is 0.227 e. The average Bonchev–Trinajstić information content (AvgIpc) is 2.51. The van der Waals surface area contributed by atoms with Crippen LogP contribution in [0, 0.1) is 0 Å². The molecule has 5 heteroatoms. The van der Waals surface area contributed by atoms with Crippen molar-refractivity contribution < 1.29 is 9.53 Å². The van der Waals surface area contributed by atoms with Gasteiger partial charge in [0.05, 0.1) is 23.7 Å². The van der Waals surface area contributed by atoms with Crippen molar-refractivity contribution in [2.75, 3.05) is 11.9 Å². The van der Waals surface area contributed by atoms with E-state index < -0.39 is 0 Å².